The summed E-state index contributed by atoms with van der Waals surface area (Å²) < 4.78 is 1.82. The average molecular weight is 341 g/mol. The number of rotatable bonds is 5. The summed E-state index contributed by atoms with van der Waals surface area (Å²) in [5.41, 5.74) is 4.06. The van der Waals surface area contributed by atoms with Crippen molar-refractivity contribution in [3.05, 3.63) is 57.7 Å². The normalized spacial score (nSPS) is 10.6. The van der Waals surface area contributed by atoms with Crippen LogP contribution in [0.3, 0.4) is 0 Å². The van der Waals surface area contributed by atoms with Crippen molar-refractivity contribution in [3.8, 4) is 0 Å². The highest BCUT2D eigenvalue weighted by Crippen LogP contribution is 2.21. The minimum atomic E-state index is -0.115. The Kier molecular flexibility index (Phi) is 4.61. The quantitative estimate of drug-likeness (QED) is 0.744. The van der Waals surface area contributed by atoms with Gasteiger partial charge in [-0.1, -0.05) is 6.07 Å². The maximum atomic E-state index is 12.2. The molecule has 0 radical (unpaired) electrons. The van der Waals surface area contributed by atoms with E-state index in [1.807, 2.05) is 54.4 Å². The zero-order valence-electron chi connectivity index (χ0n) is 13.8. The number of hydrogen-bond donors (Lipinski definition) is 2. The molecule has 3 rings (SSSR count). The first-order valence-corrected chi connectivity index (χ1v) is 8.54. The van der Waals surface area contributed by atoms with Crippen molar-refractivity contribution in [1.29, 1.82) is 0 Å². The molecule has 1 amide bonds. The molecule has 0 atom stereocenters. The molecule has 3 heterocycles. The van der Waals surface area contributed by atoms with Gasteiger partial charge in [0.1, 0.15) is 12.5 Å². The van der Waals surface area contributed by atoms with Crippen molar-refractivity contribution in [3.63, 3.8) is 0 Å². The highest BCUT2D eigenvalue weighted by atomic mass is 32.1. The average Bonchev–Trinajstić information content (AvgIpc) is 3.17. The zero-order valence-corrected chi connectivity index (χ0v) is 14.6. The van der Waals surface area contributed by atoms with Gasteiger partial charge in [-0.05, 0) is 44.4 Å². The fraction of sp³-hybridized carbons (Fsp3) is 0.235. The van der Waals surface area contributed by atoms with Crippen molar-refractivity contribution in [2.45, 2.75) is 27.4 Å². The molecule has 6 nitrogen and oxygen atoms in total. The van der Waals surface area contributed by atoms with Crippen LogP contribution in [-0.2, 0) is 6.67 Å². The van der Waals surface area contributed by atoms with Gasteiger partial charge in [0.2, 0.25) is 0 Å². The number of anilines is 2. The SMILES string of the molecule is Cc1cccc(NCn2nc(C)c(NC(=O)c3ccsc3)c2C)n1. The highest BCUT2D eigenvalue weighted by Gasteiger charge is 2.15. The first kappa shape index (κ1) is 16.2. The molecule has 0 fully saturated rings. The number of carbonyl (C=O) groups excluding carboxylic acids is 1. The van der Waals surface area contributed by atoms with Crippen LogP contribution in [0.25, 0.3) is 0 Å². The molecule has 0 spiro atoms. The van der Waals surface area contributed by atoms with Crippen molar-refractivity contribution >= 4 is 28.7 Å². The van der Waals surface area contributed by atoms with E-state index in [9.17, 15) is 4.79 Å². The molecule has 0 saturated heterocycles. The molecule has 0 aliphatic heterocycles. The van der Waals surface area contributed by atoms with Crippen LogP contribution in [-0.4, -0.2) is 20.7 Å². The Balaban J connectivity index is 1.73. The van der Waals surface area contributed by atoms with Crippen molar-refractivity contribution in [2.75, 3.05) is 10.6 Å². The van der Waals surface area contributed by atoms with Crippen LogP contribution in [0.1, 0.15) is 27.4 Å². The Bertz CT molecular complexity index is 854. The van der Waals surface area contributed by atoms with E-state index in [2.05, 4.69) is 20.7 Å². The Labute approximate surface area is 144 Å². The van der Waals surface area contributed by atoms with Gasteiger partial charge in [-0.2, -0.15) is 16.4 Å². The summed E-state index contributed by atoms with van der Waals surface area (Å²) in [5.74, 6) is 0.682. The second-order valence-corrected chi connectivity index (χ2v) is 6.29. The molecule has 3 aromatic rings. The van der Waals surface area contributed by atoms with E-state index < -0.39 is 0 Å². The molecular weight excluding hydrogens is 322 g/mol. The number of nitrogens with one attached hydrogen (secondary N) is 2. The lowest BCUT2D eigenvalue weighted by Gasteiger charge is -2.09. The Hall–Kier alpha value is -2.67. The van der Waals surface area contributed by atoms with Gasteiger partial charge < -0.3 is 10.6 Å². The van der Waals surface area contributed by atoms with Crippen LogP contribution < -0.4 is 10.6 Å². The molecule has 0 saturated carbocycles. The summed E-state index contributed by atoms with van der Waals surface area (Å²) in [6.07, 6.45) is 0. The predicted octanol–water partition coefficient (Wildman–Crippen LogP) is 3.59. The molecule has 7 heteroatoms. The number of pyridine rings is 1. The van der Waals surface area contributed by atoms with E-state index in [1.54, 1.807) is 6.07 Å². The molecular formula is C17H19N5OS. The maximum Gasteiger partial charge on any atom is 0.256 e. The fourth-order valence-corrected chi connectivity index (χ4v) is 3.04. The minimum absolute atomic E-state index is 0.115. The maximum absolute atomic E-state index is 12.2. The Morgan fingerprint density at radius 1 is 1.25 bits per heavy atom. The molecule has 0 aliphatic carbocycles. The van der Waals surface area contributed by atoms with E-state index >= 15 is 0 Å². The van der Waals surface area contributed by atoms with Crippen LogP contribution in [0, 0.1) is 20.8 Å². The third kappa shape index (κ3) is 3.46. The van der Waals surface area contributed by atoms with Crippen molar-refractivity contribution in [2.24, 2.45) is 0 Å². The lowest BCUT2D eigenvalue weighted by molar-refractivity contribution is 0.102. The second kappa shape index (κ2) is 6.84. The summed E-state index contributed by atoms with van der Waals surface area (Å²) in [4.78, 5) is 16.6. The summed E-state index contributed by atoms with van der Waals surface area (Å²) in [6, 6.07) is 7.63. The van der Waals surface area contributed by atoms with Gasteiger partial charge >= 0.3 is 0 Å². The van der Waals surface area contributed by atoms with Crippen LogP contribution in [0.5, 0.6) is 0 Å². The highest BCUT2D eigenvalue weighted by molar-refractivity contribution is 7.08. The first-order chi connectivity index (χ1) is 11.5. The van der Waals surface area contributed by atoms with E-state index in [-0.39, 0.29) is 5.91 Å². The van der Waals surface area contributed by atoms with Crippen molar-refractivity contribution in [1.82, 2.24) is 14.8 Å². The fourth-order valence-electron chi connectivity index (χ4n) is 2.41. The molecule has 24 heavy (non-hydrogen) atoms. The third-order valence-corrected chi connectivity index (χ3v) is 4.38. The van der Waals surface area contributed by atoms with Crippen LogP contribution >= 0.6 is 11.3 Å². The molecule has 0 aliphatic rings. The summed E-state index contributed by atoms with van der Waals surface area (Å²) in [7, 11) is 0. The number of aromatic nitrogens is 3. The van der Waals surface area contributed by atoms with Gasteiger partial charge in [-0.15, -0.1) is 0 Å². The van der Waals surface area contributed by atoms with E-state index in [4.69, 9.17) is 0 Å². The predicted molar refractivity (Wildman–Crippen MR) is 96.6 cm³/mol. The van der Waals surface area contributed by atoms with Gasteiger partial charge in [-0.25, -0.2) is 9.67 Å². The number of carbonyl (C=O) groups is 1. The minimum Gasteiger partial charge on any atom is -0.351 e. The smallest absolute Gasteiger partial charge is 0.256 e. The Morgan fingerprint density at radius 2 is 2.08 bits per heavy atom. The van der Waals surface area contributed by atoms with Gasteiger partial charge in [-0.3, -0.25) is 4.79 Å². The molecule has 0 bridgehead atoms. The number of amides is 1. The first-order valence-electron chi connectivity index (χ1n) is 7.59. The molecule has 3 aromatic heterocycles. The molecule has 0 unspecified atom stereocenters. The molecule has 124 valence electrons. The van der Waals surface area contributed by atoms with Crippen LogP contribution in [0.15, 0.2) is 35.0 Å². The largest absolute Gasteiger partial charge is 0.351 e. The summed E-state index contributed by atoms with van der Waals surface area (Å²) in [5, 5.41) is 14.4. The topological polar surface area (TPSA) is 71.8 Å². The number of nitrogens with zero attached hydrogens (tertiary/aromatic N) is 3. The summed E-state index contributed by atoms with van der Waals surface area (Å²) >= 11 is 1.50. The zero-order chi connectivity index (χ0) is 17.1. The van der Waals surface area contributed by atoms with E-state index in [0.29, 0.717) is 12.2 Å². The Morgan fingerprint density at radius 3 is 2.79 bits per heavy atom. The number of hydrogen-bond acceptors (Lipinski definition) is 5. The molecule has 2 N–H and O–H groups in total. The number of thiophene rings is 1. The third-order valence-electron chi connectivity index (χ3n) is 3.70. The lowest BCUT2D eigenvalue weighted by Crippen LogP contribution is -2.14. The molecule has 0 aromatic carbocycles. The lowest BCUT2D eigenvalue weighted by atomic mass is 10.2. The van der Waals surface area contributed by atoms with Crippen molar-refractivity contribution < 1.29 is 4.79 Å². The number of aryl methyl sites for hydroxylation is 2. The van der Waals surface area contributed by atoms with Crippen LogP contribution in [0.4, 0.5) is 11.5 Å². The van der Waals surface area contributed by atoms with Gasteiger partial charge in [0.25, 0.3) is 5.91 Å². The standard InChI is InChI=1S/C17H19N5OS/c1-11-5-4-6-15(19-11)18-10-22-13(3)16(12(2)21-22)20-17(23)14-7-8-24-9-14/h4-9H,10H2,1-3H3,(H,18,19)(H,20,23). The monoisotopic (exact) mass is 341 g/mol. The van der Waals surface area contributed by atoms with E-state index in [0.717, 1.165) is 28.6 Å². The van der Waals surface area contributed by atoms with Gasteiger partial charge in [0.05, 0.1) is 22.6 Å². The second-order valence-electron chi connectivity index (χ2n) is 5.51. The van der Waals surface area contributed by atoms with Gasteiger partial charge in [0, 0.05) is 11.1 Å². The van der Waals surface area contributed by atoms with E-state index in [1.165, 1.54) is 11.3 Å². The van der Waals surface area contributed by atoms with Gasteiger partial charge in [0.15, 0.2) is 0 Å². The van der Waals surface area contributed by atoms with Crippen LogP contribution in [0.2, 0.25) is 0 Å². The summed E-state index contributed by atoms with van der Waals surface area (Å²) in [6.45, 7) is 6.26.